The van der Waals surface area contributed by atoms with Crippen molar-refractivity contribution in [3.05, 3.63) is 53.7 Å². The number of hydrogen-bond acceptors (Lipinski definition) is 7. The van der Waals surface area contributed by atoms with Crippen LogP contribution in [0.2, 0.25) is 0 Å². The molecule has 3 rings (SSSR count). The predicted octanol–water partition coefficient (Wildman–Crippen LogP) is 3.78. The van der Waals surface area contributed by atoms with Gasteiger partial charge in [-0.3, -0.25) is 4.79 Å². The number of anilines is 1. The van der Waals surface area contributed by atoms with Crippen LogP contribution in [0.5, 0.6) is 11.5 Å². The zero-order valence-corrected chi connectivity index (χ0v) is 18.6. The average molecular weight is 445 g/mol. The van der Waals surface area contributed by atoms with Gasteiger partial charge in [0.1, 0.15) is 16.4 Å². The van der Waals surface area contributed by atoms with Crippen LogP contribution in [0.4, 0.5) is 5.69 Å². The molecular weight excluding hydrogens is 420 g/mol. The first-order chi connectivity index (χ1) is 14.7. The Morgan fingerprint density at radius 1 is 1.10 bits per heavy atom. The smallest absolute Gasteiger partial charge is 0.225 e. The first-order valence-electron chi connectivity index (χ1n) is 9.53. The fourth-order valence-electron chi connectivity index (χ4n) is 3.01. The second-order valence-electron chi connectivity index (χ2n) is 6.94. The van der Waals surface area contributed by atoms with Gasteiger partial charge in [-0.2, -0.15) is 0 Å². The number of methoxy groups -OCH3 is 2. The van der Waals surface area contributed by atoms with Crippen molar-refractivity contribution in [2.45, 2.75) is 25.2 Å². The third-order valence-electron chi connectivity index (χ3n) is 4.87. The lowest BCUT2D eigenvalue weighted by Gasteiger charge is -2.11. The molecule has 0 radical (unpaired) electrons. The molecule has 0 aliphatic rings. The maximum Gasteiger partial charge on any atom is 0.225 e. The van der Waals surface area contributed by atoms with Gasteiger partial charge in [0.05, 0.1) is 25.7 Å². The Hall–Kier alpha value is -3.33. The molecule has 1 N–H and O–H groups in total. The molecule has 0 aliphatic carbocycles. The second-order valence-corrected chi connectivity index (χ2v) is 9.01. The molecule has 0 atom stereocenters. The molecule has 0 fully saturated rings. The Labute approximate surface area is 181 Å². The van der Waals surface area contributed by atoms with E-state index in [0.29, 0.717) is 22.8 Å². The topological polar surface area (TPSA) is 108 Å². The van der Waals surface area contributed by atoms with E-state index in [2.05, 4.69) is 10.5 Å². The summed E-state index contributed by atoms with van der Waals surface area (Å²) in [6.45, 7) is 3.66. The van der Waals surface area contributed by atoms with Crippen molar-refractivity contribution in [2.24, 2.45) is 0 Å². The highest BCUT2D eigenvalue weighted by Gasteiger charge is 2.23. The van der Waals surface area contributed by atoms with E-state index in [-0.39, 0.29) is 22.8 Å². The van der Waals surface area contributed by atoms with Crippen molar-refractivity contribution in [1.82, 2.24) is 5.16 Å². The Balaban J connectivity index is 1.79. The number of aromatic nitrogens is 1. The molecule has 0 unspecified atom stereocenters. The van der Waals surface area contributed by atoms with Crippen molar-refractivity contribution in [3.8, 4) is 22.8 Å². The van der Waals surface area contributed by atoms with Crippen LogP contribution in [0.1, 0.15) is 17.7 Å². The zero-order chi connectivity index (χ0) is 22.6. The first kappa shape index (κ1) is 22.4. The molecule has 0 saturated carbocycles. The molecule has 9 heteroatoms. The predicted molar refractivity (Wildman–Crippen MR) is 116 cm³/mol. The number of carbonyl (C=O) groups excluding carboxylic acids is 1. The summed E-state index contributed by atoms with van der Waals surface area (Å²) in [6.07, 6.45) is -0.215. The normalized spacial score (nSPS) is 11.2. The van der Waals surface area contributed by atoms with E-state index in [1.54, 1.807) is 36.4 Å². The van der Waals surface area contributed by atoms with Crippen LogP contribution in [-0.2, 0) is 14.6 Å². The van der Waals surface area contributed by atoms with Crippen molar-refractivity contribution >= 4 is 21.4 Å². The zero-order valence-electron chi connectivity index (χ0n) is 17.8. The van der Waals surface area contributed by atoms with Gasteiger partial charge in [0.2, 0.25) is 5.91 Å². The molecule has 1 aromatic heterocycles. The van der Waals surface area contributed by atoms with Crippen molar-refractivity contribution in [1.29, 1.82) is 0 Å². The monoisotopic (exact) mass is 444 g/mol. The molecule has 8 nitrogen and oxygen atoms in total. The fourth-order valence-corrected chi connectivity index (χ4v) is 4.45. The number of nitrogens with zero attached hydrogens (tertiary/aromatic N) is 1. The third-order valence-corrected chi connectivity index (χ3v) is 6.60. The highest BCUT2D eigenvalue weighted by Crippen LogP contribution is 2.33. The number of ether oxygens (including phenoxy) is 2. The van der Waals surface area contributed by atoms with E-state index in [1.165, 1.54) is 20.3 Å². The summed E-state index contributed by atoms with van der Waals surface area (Å²) >= 11 is 0. The molecule has 3 aromatic rings. The van der Waals surface area contributed by atoms with E-state index in [1.807, 2.05) is 13.8 Å². The molecule has 0 spiro atoms. The fraction of sp³-hybridized carbons (Fsp3) is 0.273. The Bertz CT molecular complexity index is 1200. The van der Waals surface area contributed by atoms with Crippen LogP contribution < -0.4 is 14.8 Å². The molecule has 164 valence electrons. The first-order valence-corrected chi connectivity index (χ1v) is 11.2. The average Bonchev–Trinajstić information content (AvgIpc) is 3.10. The van der Waals surface area contributed by atoms with Gasteiger partial charge in [0.25, 0.3) is 0 Å². The number of carbonyl (C=O) groups is 1. The molecule has 31 heavy (non-hydrogen) atoms. The molecule has 0 aliphatic heterocycles. The van der Waals surface area contributed by atoms with Crippen molar-refractivity contribution in [3.63, 3.8) is 0 Å². The minimum absolute atomic E-state index is 0.00451. The number of sulfone groups is 1. The Morgan fingerprint density at radius 2 is 1.87 bits per heavy atom. The second kappa shape index (κ2) is 9.22. The van der Waals surface area contributed by atoms with Gasteiger partial charge in [0.15, 0.2) is 15.6 Å². The van der Waals surface area contributed by atoms with Crippen LogP contribution in [0.15, 0.2) is 51.9 Å². The minimum atomic E-state index is -3.81. The molecular formula is C22H24N2O6S. The van der Waals surface area contributed by atoms with Crippen LogP contribution in [-0.4, -0.2) is 39.5 Å². The van der Waals surface area contributed by atoms with Gasteiger partial charge in [-0.05, 0) is 44.2 Å². The van der Waals surface area contributed by atoms with Gasteiger partial charge in [-0.25, -0.2) is 8.42 Å². The van der Waals surface area contributed by atoms with E-state index >= 15 is 0 Å². The van der Waals surface area contributed by atoms with Crippen molar-refractivity contribution < 1.29 is 27.2 Å². The lowest BCUT2D eigenvalue weighted by molar-refractivity contribution is -0.115. The lowest BCUT2D eigenvalue weighted by Crippen LogP contribution is -2.18. The number of hydrogen-bond donors (Lipinski definition) is 1. The summed E-state index contributed by atoms with van der Waals surface area (Å²) < 4.78 is 41.7. The van der Waals surface area contributed by atoms with Gasteiger partial charge in [-0.15, -0.1) is 0 Å². The highest BCUT2D eigenvalue weighted by atomic mass is 32.2. The Morgan fingerprint density at radius 3 is 2.52 bits per heavy atom. The highest BCUT2D eigenvalue weighted by molar-refractivity contribution is 7.91. The van der Waals surface area contributed by atoms with Gasteiger partial charge in [0, 0.05) is 29.3 Å². The molecule has 1 amide bonds. The number of nitrogens with one attached hydrogen (secondary N) is 1. The quantitative estimate of drug-likeness (QED) is 0.563. The van der Waals surface area contributed by atoms with Gasteiger partial charge >= 0.3 is 0 Å². The van der Waals surface area contributed by atoms with Crippen LogP contribution in [0.25, 0.3) is 11.3 Å². The third kappa shape index (κ3) is 5.05. The van der Waals surface area contributed by atoms with Crippen LogP contribution in [0.3, 0.4) is 0 Å². The van der Waals surface area contributed by atoms with E-state index in [4.69, 9.17) is 14.0 Å². The molecule has 0 saturated heterocycles. The van der Waals surface area contributed by atoms with E-state index in [0.717, 1.165) is 11.3 Å². The summed E-state index contributed by atoms with van der Waals surface area (Å²) in [5.74, 6) is 0.480. The number of rotatable bonds is 8. The maximum absolute atomic E-state index is 13.0. The maximum atomic E-state index is 13.0. The summed E-state index contributed by atoms with van der Waals surface area (Å²) in [7, 11) is -0.892. The van der Waals surface area contributed by atoms with Gasteiger partial charge in [-0.1, -0.05) is 11.2 Å². The number of benzene rings is 2. The molecule has 2 aromatic carbocycles. The molecule has 1 heterocycles. The standard InChI is InChI=1S/C22H24N2O6S/c1-14-15(2)24-30-22(14)16-8-9-19(29-4)20(12-16)31(26,27)11-10-21(25)23-17-6-5-7-18(13-17)28-3/h5-9,12-13H,10-11H2,1-4H3,(H,23,25). The largest absolute Gasteiger partial charge is 0.497 e. The van der Waals surface area contributed by atoms with Crippen molar-refractivity contribution in [2.75, 3.05) is 25.3 Å². The van der Waals surface area contributed by atoms with Gasteiger partial charge < -0.3 is 19.3 Å². The summed E-state index contributed by atoms with van der Waals surface area (Å²) in [4.78, 5) is 12.3. The van der Waals surface area contributed by atoms with Crippen LogP contribution in [0, 0.1) is 13.8 Å². The lowest BCUT2D eigenvalue weighted by atomic mass is 10.1. The number of aryl methyl sites for hydroxylation is 1. The summed E-state index contributed by atoms with van der Waals surface area (Å²) in [6, 6.07) is 11.6. The Kier molecular flexibility index (Phi) is 6.65. The number of amides is 1. The summed E-state index contributed by atoms with van der Waals surface area (Å²) in [5, 5.41) is 6.60. The van der Waals surface area contributed by atoms with E-state index < -0.39 is 15.7 Å². The SMILES string of the molecule is COc1cccc(NC(=O)CCS(=O)(=O)c2cc(-c3onc(C)c3C)ccc2OC)c1. The van der Waals surface area contributed by atoms with Crippen LogP contribution >= 0.6 is 0 Å². The molecule has 0 bridgehead atoms. The minimum Gasteiger partial charge on any atom is -0.497 e. The summed E-state index contributed by atoms with van der Waals surface area (Å²) in [5.41, 5.74) is 2.64. The van der Waals surface area contributed by atoms with E-state index in [9.17, 15) is 13.2 Å².